The average molecular weight is 362 g/mol. The minimum Gasteiger partial charge on any atom is -0.352 e. The monoisotopic (exact) mass is 361 g/mol. The van der Waals surface area contributed by atoms with Crippen LogP contribution < -0.4 is 4.90 Å². The molecule has 1 saturated carbocycles. The first-order valence-corrected chi connectivity index (χ1v) is 9.64. The molecule has 0 radical (unpaired) electrons. The quantitative estimate of drug-likeness (QED) is 0.203. The van der Waals surface area contributed by atoms with E-state index in [2.05, 4.69) is 63.8 Å². The third kappa shape index (κ3) is 3.29. The molecule has 3 rings (SSSR count). The number of benzene rings is 2. The number of anilines is 1. The van der Waals surface area contributed by atoms with Crippen LogP contribution in [0.4, 0.5) is 5.69 Å². The molecule has 1 nitrogen and oxygen atoms in total. The van der Waals surface area contributed by atoms with Crippen LogP contribution in [0, 0.1) is 0 Å². The molecule has 0 N–H and O–H groups in total. The summed E-state index contributed by atoms with van der Waals surface area (Å²) in [6, 6.07) is 13.5. The second-order valence-corrected chi connectivity index (χ2v) is 6.94. The maximum Gasteiger partial charge on any atom is 0.0744 e. The van der Waals surface area contributed by atoms with E-state index >= 15 is 0 Å². The molecule has 0 atom stereocenters. The average Bonchev–Trinajstić information content (AvgIpc) is 3.36. The Hall–Kier alpha value is -0.930. The van der Waals surface area contributed by atoms with Crippen molar-refractivity contribution in [2.45, 2.75) is 18.8 Å². The van der Waals surface area contributed by atoms with Gasteiger partial charge in [0.25, 0.3) is 0 Å². The van der Waals surface area contributed by atoms with E-state index in [9.17, 15) is 0 Å². The Morgan fingerprint density at radius 1 is 1.19 bits per heavy atom. The molecule has 0 heterocycles. The van der Waals surface area contributed by atoms with Crippen molar-refractivity contribution in [3.8, 4) is 0 Å². The van der Waals surface area contributed by atoms with Gasteiger partial charge in [-0.2, -0.15) is 0 Å². The van der Waals surface area contributed by atoms with Crippen LogP contribution in [0.1, 0.15) is 24.3 Å². The highest BCUT2D eigenvalue weighted by Crippen LogP contribution is 2.44. The smallest absolute Gasteiger partial charge is 0.0744 e. The van der Waals surface area contributed by atoms with Crippen LogP contribution >= 0.6 is 27.7 Å². The summed E-state index contributed by atoms with van der Waals surface area (Å²) >= 11 is 5.53. The van der Waals surface area contributed by atoms with Crippen LogP contribution in [0.25, 0.3) is 10.8 Å². The summed E-state index contributed by atoms with van der Waals surface area (Å²) in [6.07, 6.45) is 4.66. The summed E-state index contributed by atoms with van der Waals surface area (Å²) in [7, 11) is 0. The summed E-state index contributed by atoms with van der Waals surface area (Å²) in [5.41, 5.74) is 3.70. The zero-order valence-corrected chi connectivity index (χ0v) is 14.5. The summed E-state index contributed by atoms with van der Waals surface area (Å²) in [6.45, 7) is 3.79. The number of halogens is 1. The van der Waals surface area contributed by atoms with Crippen LogP contribution in [0.5, 0.6) is 0 Å². The minimum atomic E-state index is 0.788. The lowest BCUT2D eigenvalue weighted by Crippen LogP contribution is -2.21. The Labute approximate surface area is 139 Å². The summed E-state index contributed by atoms with van der Waals surface area (Å²) in [4.78, 5) is 2.38. The molecule has 0 spiro atoms. The van der Waals surface area contributed by atoms with Gasteiger partial charge in [-0.15, -0.1) is 18.3 Å². The first kappa shape index (κ1) is 15.0. The number of thioether (sulfide) groups is 1. The van der Waals surface area contributed by atoms with Gasteiger partial charge in [-0.25, -0.2) is 0 Å². The molecule has 0 amide bonds. The molecule has 110 valence electrons. The lowest BCUT2D eigenvalue weighted by Gasteiger charge is -2.24. The maximum absolute atomic E-state index is 3.79. The van der Waals surface area contributed by atoms with Crippen LogP contribution in [0.2, 0.25) is 0 Å². The fourth-order valence-electron chi connectivity index (χ4n) is 2.75. The SMILES string of the molecule is C=CCSCN(CBr)c1ccc(C2CC2)c2ccccc12. The van der Waals surface area contributed by atoms with E-state index in [1.165, 1.54) is 34.9 Å². The second-order valence-electron chi connectivity index (χ2n) is 5.44. The molecule has 1 aliphatic carbocycles. The van der Waals surface area contributed by atoms with Gasteiger partial charge in [-0.1, -0.05) is 52.3 Å². The van der Waals surface area contributed by atoms with Crippen molar-refractivity contribution in [3.63, 3.8) is 0 Å². The number of nitrogens with zero attached hydrogens (tertiary/aromatic N) is 1. The topological polar surface area (TPSA) is 3.24 Å². The van der Waals surface area contributed by atoms with E-state index in [0.717, 1.165) is 23.0 Å². The number of hydrogen-bond acceptors (Lipinski definition) is 2. The number of hydrogen-bond donors (Lipinski definition) is 0. The van der Waals surface area contributed by atoms with E-state index in [-0.39, 0.29) is 0 Å². The highest BCUT2D eigenvalue weighted by atomic mass is 79.9. The molecule has 0 aromatic heterocycles. The fourth-order valence-corrected chi connectivity index (χ4v) is 4.15. The van der Waals surface area contributed by atoms with Crippen molar-refractivity contribution < 1.29 is 0 Å². The van der Waals surface area contributed by atoms with Crippen LogP contribution in [0.3, 0.4) is 0 Å². The number of fused-ring (bicyclic) bond motifs is 1. The molecule has 1 fully saturated rings. The molecule has 3 heteroatoms. The zero-order valence-electron chi connectivity index (χ0n) is 12.1. The summed E-state index contributed by atoms with van der Waals surface area (Å²) in [5.74, 6) is 2.75. The van der Waals surface area contributed by atoms with Gasteiger partial charge in [0.1, 0.15) is 0 Å². The fraction of sp³-hybridized carbons (Fsp3) is 0.333. The highest BCUT2D eigenvalue weighted by molar-refractivity contribution is 9.09. The van der Waals surface area contributed by atoms with Crippen molar-refractivity contribution in [2.24, 2.45) is 0 Å². The summed E-state index contributed by atoms with van der Waals surface area (Å²) < 4.78 is 0. The van der Waals surface area contributed by atoms with Crippen LogP contribution in [0.15, 0.2) is 49.1 Å². The van der Waals surface area contributed by atoms with E-state index in [1.54, 1.807) is 0 Å². The highest BCUT2D eigenvalue weighted by Gasteiger charge is 2.26. The predicted molar refractivity (Wildman–Crippen MR) is 99.7 cm³/mol. The molecule has 2 aromatic rings. The molecule has 21 heavy (non-hydrogen) atoms. The standard InChI is InChI=1S/C18H20BrNS/c1-2-11-21-13-20(12-19)18-10-9-15(14-7-8-14)16-5-3-4-6-17(16)18/h2-6,9-10,14H,1,7-8,11-13H2. The van der Waals surface area contributed by atoms with E-state index in [4.69, 9.17) is 0 Å². The number of rotatable bonds is 7. The second kappa shape index (κ2) is 6.89. The third-order valence-electron chi connectivity index (χ3n) is 3.92. The predicted octanol–water partition coefficient (Wildman–Crippen LogP) is 5.75. The maximum atomic E-state index is 3.79. The minimum absolute atomic E-state index is 0.788. The van der Waals surface area contributed by atoms with Crippen LogP contribution in [-0.4, -0.2) is 17.1 Å². The van der Waals surface area contributed by atoms with Gasteiger partial charge in [-0.05, 0) is 35.8 Å². The normalized spacial score (nSPS) is 14.3. The van der Waals surface area contributed by atoms with Gasteiger partial charge in [0.05, 0.1) is 11.3 Å². The van der Waals surface area contributed by atoms with Gasteiger partial charge in [-0.3, -0.25) is 0 Å². The van der Waals surface area contributed by atoms with E-state index in [0.29, 0.717) is 0 Å². The molecule has 0 bridgehead atoms. The first-order valence-electron chi connectivity index (χ1n) is 7.36. The first-order chi connectivity index (χ1) is 10.3. The lowest BCUT2D eigenvalue weighted by molar-refractivity contribution is 1.08. The van der Waals surface area contributed by atoms with Gasteiger partial charge < -0.3 is 4.90 Å². The lowest BCUT2D eigenvalue weighted by atomic mass is 9.99. The van der Waals surface area contributed by atoms with Crippen molar-refractivity contribution in [2.75, 3.05) is 22.0 Å². The van der Waals surface area contributed by atoms with E-state index in [1.807, 2.05) is 17.8 Å². The van der Waals surface area contributed by atoms with Crippen LogP contribution in [-0.2, 0) is 0 Å². The van der Waals surface area contributed by atoms with Crippen molar-refractivity contribution in [3.05, 3.63) is 54.6 Å². The molecular formula is C18H20BrNS. The van der Waals surface area contributed by atoms with Gasteiger partial charge in [0, 0.05) is 16.8 Å². The van der Waals surface area contributed by atoms with E-state index < -0.39 is 0 Å². The molecule has 0 unspecified atom stereocenters. The third-order valence-corrected chi connectivity index (χ3v) is 5.49. The van der Waals surface area contributed by atoms with Gasteiger partial charge >= 0.3 is 0 Å². The molecular weight excluding hydrogens is 342 g/mol. The van der Waals surface area contributed by atoms with Gasteiger partial charge in [0.15, 0.2) is 0 Å². The summed E-state index contributed by atoms with van der Waals surface area (Å²) in [5, 5.41) is 2.80. The Morgan fingerprint density at radius 3 is 2.62 bits per heavy atom. The zero-order chi connectivity index (χ0) is 14.7. The van der Waals surface area contributed by atoms with Crippen molar-refractivity contribution >= 4 is 44.2 Å². The Kier molecular flexibility index (Phi) is 4.91. The Morgan fingerprint density at radius 2 is 1.95 bits per heavy atom. The molecule has 1 aliphatic rings. The van der Waals surface area contributed by atoms with Crippen molar-refractivity contribution in [1.82, 2.24) is 0 Å². The van der Waals surface area contributed by atoms with Crippen molar-refractivity contribution in [1.29, 1.82) is 0 Å². The number of alkyl halides is 1. The molecule has 0 saturated heterocycles. The Bertz CT molecular complexity index is 636. The molecule has 0 aliphatic heterocycles. The Balaban J connectivity index is 1.97. The molecule has 2 aromatic carbocycles. The largest absolute Gasteiger partial charge is 0.352 e. The van der Waals surface area contributed by atoms with Gasteiger partial charge in [0.2, 0.25) is 0 Å².